The minimum atomic E-state index is -4.32. The highest BCUT2D eigenvalue weighted by Crippen LogP contribution is 2.30. The van der Waals surface area contributed by atoms with Gasteiger partial charge in [-0.3, -0.25) is 4.79 Å². The van der Waals surface area contributed by atoms with Crippen LogP contribution >= 0.6 is 47.8 Å². The molecule has 1 amide bonds. The maximum atomic E-state index is 11.8. The van der Waals surface area contributed by atoms with Crippen LogP contribution in [0.15, 0.2) is 25.6 Å². The zero-order valence-electron chi connectivity index (χ0n) is 8.74. The molecule has 0 fully saturated rings. The van der Waals surface area contributed by atoms with Crippen molar-refractivity contribution in [1.82, 2.24) is 5.32 Å². The van der Waals surface area contributed by atoms with Crippen molar-refractivity contribution < 1.29 is 17.8 Å². The molecule has 0 spiro atoms. The molecule has 1 aromatic rings. The van der Waals surface area contributed by atoms with Crippen LogP contribution in [0.3, 0.4) is 0 Å². The fourth-order valence-electron chi connectivity index (χ4n) is 1.11. The Kier molecular flexibility index (Phi) is 5.78. The lowest BCUT2D eigenvalue weighted by molar-refractivity contribution is 0.0955. The molecular formula is C9H7Br3NO4S-. The summed E-state index contributed by atoms with van der Waals surface area (Å²) >= 11 is 9.74. The zero-order valence-corrected chi connectivity index (χ0v) is 14.3. The zero-order chi connectivity index (χ0) is 13.9. The lowest BCUT2D eigenvalue weighted by Crippen LogP contribution is -2.29. The van der Waals surface area contributed by atoms with Gasteiger partial charge in [0.2, 0.25) is 0 Å². The van der Waals surface area contributed by atoms with Crippen LogP contribution in [-0.2, 0) is 10.1 Å². The number of amides is 1. The molecule has 1 N–H and O–H groups in total. The van der Waals surface area contributed by atoms with Crippen LogP contribution in [-0.4, -0.2) is 31.2 Å². The monoisotopic (exact) mass is 462 g/mol. The highest BCUT2D eigenvalue weighted by Gasteiger charge is 2.13. The van der Waals surface area contributed by atoms with Crippen LogP contribution in [0.2, 0.25) is 0 Å². The van der Waals surface area contributed by atoms with E-state index in [1.165, 1.54) is 0 Å². The Hall–Kier alpha value is 0.0400. The SMILES string of the molecule is O=C(NCCS(=O)(=O)[O-])c1cc(Br)cc(Br)c1Br. The third-order valence-corrected chi connectivity index (χ3v) is 5.05. The predicted molar refractivity (Wildman–Crippen MR) is 76.4 cm³/mol. The summed E-state index contributed by atoms with van der Waals surface area (Å²) in [5.41, 5.74) is 0.333. The number of carbonyl (C=O) groups is 1. The van der Waals surface area contributed by atoms with Gasteiger partial charge in [-0.15, -0.1) is 0 Å². The minimum absolute atomic E-state index is 0.221. The Morgan fingerprint density at radius 2 is 1.89 bits per heavy atom. The third-order valence-electron chi connectivity index (χ3n) is 1.88. The maximum absolute atomic E-state index is 11.8. The van der Waals surface area contributed by atoms with Gasteiger partial charge in [-0.25, -0.2) is 8.42 Å². The van der Waals surface area contributed by atoms with Gasteiger partial charge in [-0.2, -0.15) is 0 Å². The summed E-state index contributed by atoms with van der Waals surface area (Å²) in [5.74, 6) is -1.10. The van der Waals surface area contributed by atoms with E-state index in [-0.39, 0.29) is 6.54 Å². The Morgan fingerprint density at radius 3 is 2.44 bits per heavy atom. The Bertz CT molecular complexity index is 573. The fraction of sp³-hybridized carbons (Fsp3) is 0.222. The van der Waals surface area contributed by atoms with Crippen molar-refractivity contribution >= 4 is 63.8 Å². The topological polar surface area (TPSA) is 86.3 Å². The Labute approximate surface area is 129 Å². The molecule has 1 aromatic carbocycles. The third kappa shape index (κ3) is 4.96. The van der Waals surface area contributed by atoms with Crippen LogP contribution in [0.5, 0.6) is 0 Å². The van der Waals surface area contributed by atoms with Gasteiger partial charge in [0.1, 0.15) is 0 Å². The number of hydrogen-bond donors (Lipinski definition) is 1. The Balaban J connectivity index is 2.79. The molecule has 0 saturated heterocycles. The molecule has 0 aliphatic heterocycles. The van der Waals surface area contributed by atoms with Crippen LogP contribution in [0.1, 0.15) is 10.4 Å². The van der Waals surface area contributed by atoms with E-state index in [1.807, 2.05) is 0 Å². The molecule has 0 unspecified atom stereocenters. The molecule has 100 valence electrons. The van der Waals surface area contributed by atoms with E-state index in [0.29, 0.717) is 19.0 Å². The normalized spacial score (nSPS) is 11.3. The first-order chi connectivity index (χ1) is 8.20. The molecule has 0 saturated carbocycles. The second kappa shape index (κ2) is 6.47. The first-order valence-electron chi connectivity index (χ1n) is 4.57. The molecule has 0 atom stereocenters. The fourth-order valence-corrected chi connectivity index (χ4v) is 3.09. The largest absolute Gasteiger partial charge is 0.748 e. The number of benzene rings is 1. The van der Waals surface area contributed by atoms with Gasteiger partial charge < -0.3 is 9.87 Å². The molecule has 18 heavy (non-hydrogen) atoms. The minimum Gasteiger partial charge on any atom is -0.748 e. The molecule has 0 radical (unpaired) electrons. The van der Waals surface area contributed by atoms with E-state index in [1.54, 1.807) is 12.1 Å². The van der Waals surface area contributed by atoms with E-state index in [9.17, 15) is 17.8 Å². The number of nitrogens with one attached hydrogen (secondary N) is 1. The van der Waals surface area contributed by atoms with Crippen molar-refractivity contribution in [3.8, 4) is 0 Å². The average molecular weight is 465 g/mol. The van der Waals surface area contributed by atoms with Crippen LogP contribution in [0, 0.1) is 0 Å². The summed E-state index contributed by atoms with van der Waals surface area (Å²) in [7, 11) is -4.32. The second-order valence-electron chi connectivity index (χ2n) is 3.27. The average Bonchev–Trinajstić information content (AvgIpc) is 2.21. The molecule has 0 aliphatic rings. The predicted octanol–water partition coefficient (Wildman–Crippen LogP) is 2.25. The molecule has 0 heterocycles. The lowest BCUT2D eigenvalue weighted by atomic mass is 10.2. The smallest absolute Gasteiger partial charge is 0.252 e. The van der Waals surface area contributed by atoms with Crippen molar-refractivity contribution in [1.29, 1.82) is 0 Å². The van der Waals surface area contributed by atoms with Gasteiger partial charge in [0.25, 0.3) is 5.91 Å². The molecule has 1 rings (SSSR count). The number of hydrogen-bond acceptors (Lipinski definition) is 4. The van der Waals surface area contributed by atoms with Gasteiger partial charge in [-0.1, -0.05) is 15.9 Å². The number of carbonyl (C=O) groups excluding carboxylic acids is 1. The summed E-state index contributed by atoms with van der Waals surface area (Å²) in [4.78, 5) is 11.8. The van der Waals surface area contributed by atoms with E-state index in [0.717, 1.165) is 0 Å². The van der Waals surface area contributed by atoms with Gasteiger partial charge >= 0.3 is 0 Å². The summed E-state index contributed by atoms with van der Waals surface area (Å²) in [5, 5.41) is 2.36. The number of rotatable bonds is 4. The summed E-state index contributed by atoms with van der Waals surface area (Å²) in [6.45, 7) is -0.221. The molecule has 5 nitrogen and oxygen atoms in total. The first kappa shape index (κ1) is 16.1. The number of halogens is 3. The molecule has 0 aromatic heterocycles. The van der Waals surface area contributed by atoms with E-state index >= 15 is 0 Å². The standard InChI is InChI=1S/C9H8Br3NO4S/c10-5-3-6(8(12)7(11)4-5)9(14)13-1-2-18(15,16)17/h3-4H,1-2H2,(H,13,14)(H,15,16,17)/p-1. The van der Waals surface area contributed by atoms with Crippen LogP contribution in [0.4, 0.5) is 0 Å². The second-order valence-corrected chi connectivity index (χ2v) is 7.35. The highest BCUT2D eigenvalue weighted by atomic mass is 79.9. The Morgan fingerprint density at radius 1 is 1.28 bits per heavy atom. The van der Waals surface area contributed by atoms with Gasteiger partial charge in [0, 0.05) is 20.0 Å². The van der Waals surface area contributed by atoms with Crippen molar-refractivity contribution in [3.63, 3.8) is 0 Å². The van der Waals surface area contributed by atoms with Crippen LogP contribution in [0.25, 0.3) is 0 Å². The van der Waals surface area contributed by atoms with Gasteiger partial charge in [0.05, 0.1) is 21.4 Å². The summed E-state index contributed by atoms with van der Waals surface area (Å²) in [6.07, 6.45) is 0. The summed E-state index contributed by atoms with van der Waals surface area (Å²) < 4.78 is 33.1. The summed E-state index contributed by atoms with van der Waals surface area (Å²) in [6, 6.07) is 3.33. The first-order valence-corrected chi connectivity index (χ1v) is 8.52. The molecule has 0 aliphatic carbocycles. The maximum Gasteiger partial charge on any atom is 0.252 e. The molecular weight excluding hydrogens is 458 g/mol. The van der Waals surface area contributed by atoms with Crippen molar-refractivity contribution in [2.45, 2.75) is 0 Å². The van der Waals surface area contributed by atoms with Gasteiger partial charge in [-0.05, 0) is 44.0 Å². The van der Waals surface area contributed by atoms with E-state index in [2.05, 4.69) is 53.1 Å². The van der Waals surface area contributed by atoms with Gasteiger partial charge in [0.15, 0.2) is 0 Å². The van der Waals surface area contributed by atoms with Crippen molar-refractivity contribution in [2.75, 3.05) is 12.3 Å². The van der Waals surface area contributed by atoms with Crippen molar-refractivity contribution in [3.05, 3.63) is 31.1 Å². The van der Waals surface area contributed by atoms with Crippen LogP contribution < -0.4 is 5.32 Å². The molecule has 9 heteroatoms. The highest BCUT2D eigenvalue weighted by molar-refractivity contribution is 9.13. The van der Waals surface area contributed by atoms with Crippen molar-refractivity contribution in [2.24, 2.45) is 0 Å². The van der Waals surface area contributed by atoms with E-state index in [4.69, 9.17) is 0 Å². The molecule has 0 bridgehead atoms. The lowest BCUT2D eigenvalue weighted by Gasteiger charge is -2.10. The van der Waals surface area contributed by atoms with E-state index < -0.39 is 21.8 Å². The quantitative estimate of drug-likeness (QED) is 0.547.